The highest BCUT2D eigenvalue weighted by Crippen LogP contribution is 2.52. The van der Waals surface area contributed by atoms with Gasteiger partial charge in [0.25, 0.3) is 0 Å². The fraction of sp³-hybridized carbons (Fsp3) is 0.917. The lowest BCUT2D eigenvalue weighted by Crippen LogP contribution is -2.24. The van der Waals surface area contributed by atoms with E-state index in [4.69, 9.17) is 0 Å². The minimum atomic E-state index is 0.429. The molecule has 0 radical (unpaired) electrons. The number of carbonyl (C=O) groups excluding carboxylic acids is 1. The van der Waals surface area contributed by atoms with Gasteiger partial charge in [-0.05, 0) is 50.2 Å². The van der Waals surface area contributed by atoms with Crippen molar-refractivity contribution in [1.29, 1.82) is 0 Å². The molecule has 4 unspecified atom stereocenters. The van der Waals surface area contributed by atoms with Crippen LogP contribution >= 0.6 is 11.8 Å². The molecule has 0 N–H and O–H groups in total. The Morgan fingerprint density at radius 2 is 2.07 bits per heavy atom. The van der Waals surface area contributed by atoms with Crippen LogP contribution in [0.5, 0.6) is 0 Å². The van der Waals surface area contributed by atoms with Gasteiger partial charge in [0.1, 0.15) is 5.78 Å². The molecule has 2 saturated carbocycles. The molecule has 0 heterocycles. The first-order valence-corrected chi connectivity index (χ1v) is 6.89. The van der Waals surface area contributed by atoms with Crippen molar-refractivity contribution in [3.05, 3.63) is 0 Å². The van der Waals surface area contributed by atoms with Gasteiger partial charge in [-0.1, -0.05) is 6.92 Å². The minimum absolute atomic E-state index is 0.429. The lowest BCUT2D eigenvalue weighted by molar-refractivity contribution is -0.122. The highest BCUT2D eigenvalue weighted by atomic mass is 32.2. The van der Waals surface area contributed by atoms with Crippen LogP contribution in [-0.2, 0) is 4.79 Å². The van der Waals surface area contributed by atoms with Gasteiger partial charge < -0.3 is 0 Å². The number of hydrogen-bond acceptors (Lipinski definition) is 2. The summed E-state index contributed by atoms with van der Waals surface area (Å²) in [4.78, 5) is 11.3. The fourth-order valence-corrected chi connectivity index (χ4v) is 4.61. The van der Waals surface area contributed by atoms with Crippen LogP contribution in [0.25, 0.3) is 0 Å². The molecule has 1 nitrogen and oxygen atoms in total. The van der Waals surface area contributed by atoms with Gasteiger partial charge in [-0.15, -0.1) is 0 Å². The van der Waals surface area contributed by atoms with Crippen molar-refractivity contribution >= 4 is 17.5 Å². The Hall–Kier alpha value is 0.0200. The minimum Gasteiger partial charge on any atom is -0.300 e. The molecule has 2 heteroatoms. The maximum absolute atomic E-state index is 11.3. The normalized spacial score (nSPS) is 40.4. The summed E-state index contributed by atoms with van der Waals surface area (Å²) in [7, 11) is 0. The van der Waals surface area contributed by atoms with Crippen LogP contribution in [0, 0.1) is 17.8 Å². The summed E-state index contributed by atoms with van der Waals surface area (Å²) >= 11 is 2.15. The van der Waals surface area contributed by atoms with Gasteiger partial charge in [0.2, 0.25) is 0 Å². The van der Waals surface area contributed by atoms with Gasteiger partial charge in [0.05, 0.1) is 0 Å². The number of ketones is 1. The van der Waals surface area contributed by atoms with Crippen LogP contribution in [0.1, 0.15) is 39.5 Å². The topological polar surface area (TPSA) is 17.1 Å². The first kappa shape index (κ1) is 10.5. The van der Waals surface area contributed by atoms with Crippen molar-refractivity contribution in [3.63, 3.8) is 0 Å². The monoisotopic (exact) mass is 212 g/mol. The molecule has 14 heavy (non-hydrogen) atoms. The smallest absolute Gasteiger partial charge is 0.133 e. The van der Waals surface area contributed by atoms with E-state index in [0.29, 0.717) is 11.7 Å². The lowest BCUT2D eigenvalue weighted by Gasteiger charge is -2.25. The molecule has 2 rings (SSSR count). The average Bonchev–Trinajstić information content (AvgIpc) is 2.72. The first-order chi connectivity index (χ1) is 6.72. The number of thioether (sulfide) groups is 1. The van der Waals surface area contributed by atoms with Crippen LogP contribution in [-0.4, -0.2) is 16.8 Å². The maximum Gasteiger partial charge on any atom is 0.133 e. The van der Waals surface area contributed by atoms with E-state index in [9.17, 15) is 4.79 Å². The molecule has 2 fully saturated rings. The first-order valence-electron chi connectivity index (χ1n) is 5.84. The van der Waals surface area contributed by atoms with Gasteiger partial charge in [0.15, 0.2) is 0 Å². The molecule has 2 bridgehead atoms. The van der Waals surface area contributed by atoms with Crippen molar-refractivity contribution in [2.45, 2.75) is 44.8 Å². The summed E-state index contributed by atoms with van der Waals surface area (Å²) in [5, 5.41) is 0.885. The van der Waals surface area contributed by atoms with Gasteiger partial charge in [0, 0.05) is 11.2 Å². The number of rotatable bonds is 4. The van der Waals surface area contributed by atoms with Gasteiger partial charge in [-0.2, -0.15) is 11.8 Å². The zero-order valence-corrected chi connectivity index (χ0v) is 9.98. The molecular weight excluding hydrogens is 192 g/mol. The van der Waals surface area contributed by atoms with Gasteiger partial charge in [-0.3, -0.25) is 4.79 Å². The van der Waals surface area contributed by atoms with Crippen molar-refractivity contribution in [1.82, 2.24) is 0 Å². The maximum atomic E-state index is 11.3. The number of Topliss-reactive ketones (excluding diaryl/α,β-unsaturated/α-hetero) is 1. The second-order valence-corrected chi connectivity index (χ2v) is 6.20. The Bertz CT molecular complexity index is 226. The van der Waals surface area contributed by atoms with Crippen molar-refractivity contribution < 1.29 is 4.79 Å². The van der Waals surface area contributed by atoms with Crippen molar-refractivity contribution in [2.75, 3.05) is 5.75 Å². The van der Waals surface area contributed by atoms with Gasteiger partial charge in [-0.25, -0.2) is 0 Å². The Kier molecular flexibility index (Phi) is 3.20. The standard InChI is InChI=1S/C12H20OS/c1-3-4-14-12-7-9-5-10(12)6-11(9)8(2)13/h9-12H,3-7H2,1-2H3. The summed E-state index contributed by atoms with van der Waals surface area (Å²) < 4.78 is 0. The number of carbonyl (C=O) groups is 1. The van der Waals surface area contributed by atoms with Crippen LogP contribution in [0.4, 0.5) is 0 Å². The zero-order valence-electron chi connectivity index (χ0n) is 9.16. The predicted molar refractivity (Wildman–Crippen MR) is 61.5 cm³/mol. The molecule has 0 spiro atoms. The van der Waals surface area contributed by atoms with E-state index >= 15 is 0 Å². The van der Waals surface area contributed by atoms with E-state index in [2.05, 4.69) is 18.7 Å². The summed E-state index contributed by atoms with van der Waals surface area (Å²) in [5.74, 6) is 3.78. The third-order valence-electron chi connectivity index (χ3n) is 3.85. The van der Waals surface area contributed by atoms with E-state index in [-0.39, 0.29) is 0 Å². The third kappa shape index (κ3) is 1.86. The molecule has 4 atom stereocenters. The highest BCUT2D eigenvalue weighted by Gasteiger charge is 2.47. The molecule has 2 aliphatic rings. The quantitative estimate of drug-likeness (QED) is 0.712. The molecule has 0 aromatic heterocycles. The second kappa shape index (κ2) is 4.26. The fourth-order valence-electron chi connectivity index (χ4n) is 3.19. The lowest BCUT2D eigenvalue weighted by atomic mass is 9.86. The van der Waals surface area contributed by atoms with E-state index in [1.807, 2.05) is 0 Å². The van der Waals surface area contributed by atoms with Crippen LogP contribution in [0.2, 0.25) is 0 Å². The van der Waals surface area contributed by atoms with Crippen LogP contribution < -0.4 is 0 Å². The predicted octanol–water partition coefficient (Wildman–Crippen LogP) is 3.13. The molecule has 0 aliphatic heterocycles. The molecule has 0 aromatic rings. The van der Waals surface area contributed by atoms with Crippen molar-refractivity contribution in [3.8, 4) is 0 Å². The van der Waals surface area contributed by atoms with E-state index in [1.54, 1.807) is 6.92 Å². The highest BCUT2D eigenvalue weighted by molar-refractivity contribution is 7.99. The molecule has 0 amide bonds. The van der Waals surface area contributed by atoms with E-state index in [0.717, 1.165) is 17.1 Å². The van der Waals surface area contributed by atoms with E-state index in [1.165, 1.54) is 31.4 Å². The summed E-state index contributed by atoms with van der Waals surface area (Å²) in [5.41, 5.74) is 0. The largest absolute Gasteiger partial charge is 0.300 e. The molecular formula is C12H20OS. The van der Waals surface area contributed by atoms with Crippen LogP contribution in [0.3, 0.4) is 0 Å². The molecule has 0 aromatic carbocycles. The Morgan fingerprint density at radius 3 is 2.57 bits per heavy atom. The average molecular weight is 212 g/mol. The SMILES string of the molecule is CCCSC1CC2CC1CC2C(C)=O. The Balaban J connectivity index is 1.87. The second-order valence-electron chi connectivity index (χ2n) is 4.85. The molecule has 80 valence electrons. The molecule has 0 saturated heterocycles. The zero-order chi connectivity index (χ0) is 10.1. The Morgan fingerprint density at radius 1 is 1.29 bits per heavy atom. The summed E-state index contributed by atoms with van der Waals surface area (Å²) in [6.07, 6.45) is 5.14. The number of hydrogen-bond donors (Lipinski definition) is 0. The van der Waals surface area contributed by atoms with Crippen LogP contribution in [0.15, 0.2) is 0 Å². The third-order valence-corrected chi connectivity index (χ3v) is 5.50. The summed E-state index contributed by atoms with van der Waals surface area (Å²) in [6, 6.07) is 0. The van der Waals surface area contributed by atoms with Crippen molar-refractivity contribution in [2.24, 2.45) is 17.8 Å². The molecule has 2 aliphatic carbocycles. The Labute approximate surface area is 91.0 Å². The van der Waals surface area contributed by atoms with E-state index < -0.39 is 0 Å². The number of fused-ring (bicyclic) bond motifs is 2. The summed E-state index contributed by atoms with van der Waals surface area (Å²) in [6.45, 7) is 4.03. The van der Waals surface area contributed by atoms with Gasteiger partial charge >= 0.3 is 0 Å².